The van der Waals surface area contributed by atoms with Gasteiger partial charge in [-0.1, -0.05) is 12.2 Å². The highest BCUT2D eigenvalue weighted by Gasteiger charge is 2.22. The lowest BCUT2D eigenvalue weighted by molar-refractivity contribution is 0.0761. The van der Waals surface area contributed by atoms with Crippen molar-refractivity contribution in [3.63, 3.8) is 0 Å². The van der Waals surface area contributed by atoms with E-state index in [1.54, 1.807) is 0 Å². The summed E-state index contributed by atoms with van der Waals surface area (Å²) in [4.78, 5) is 0. The van der Waals surface area contributed by atoms with Crippen LogP contribution in [-0.4, -0.2) is 12.2 Å². The Hall–Kier alpha value is -0.760. The van der Waals surface area contributed by atoms with Crippen LogP contribution < -0.4 is 5.73 Å². The standard InChI is InChI=1S/C7H9NO/c8-5-3-6-1-2-7(4-5)9-6/h1-3,6-7H,4,8H2/t6-,7+/m0/s1. The molecule has 2 N–H and O–H groups in total. The Balaban J connectivity index is 2.27. The highest BCUT2D eigenvalue weighted by Crippen LogP contribution is 2.22. The molecule has 2 aliphatic rings. The zero-order chi connectivity index (χ0) is 6.27. The summed E-state index contributed by atoms with van der Waals surface area (Å²) in [7, 11) is 0. The minimum absolute atomic E-state index is 0.170. The largest absolute Gasteiger partial charge is 0.402 e. The van der Waals surface area contributed by atoms with E-state index in [4.69, 9.17) is 10.5 Å². The lowest BCUT2D eigenvalue weighted by atomic mass is 10.2. The van der Waals surface area contributed by atoms with Crippen LogP contribution in [0, 0.1) is 0 Å². The molecule has 0 aromatic heterocycles. The fourth-order valence-electron chi connectivity index (χ4n) is 1.25. The number of rotatable bonds is 0. The number of nitrogens with two attached hydrogens (primary N) is 1. The molecular weight excluding hydrogens is 114 g/mol. The van der Waals surface area contributed by atoms with Gasteiger partial charge in [-0.15, -0.1) is 0 Å². The maximum Gasteiger partial charge on any atom is 0.0966 e. The van der Waals surface area contributed by atoms with Crippen molar-refractivity contribution in [3.8, 4) is 0 Å². The van der Waals surface area contributed by atoms with Crippen molar-refractivity contribution in [1.82, 2.24) is 0 Å². The summed E-state index contributed by atoms with van der Waals surface area (Å²) in [6.45, 7) is 0. The summed E-state index contributed by atoms with van der Waals surface area (Å²) < 4.78 is 5.40. The summed E-state index contributed by atoms with van der Waals surface area (Å²) in [6, 6.07) is 0. The zero-order valence-corrected chi connectivity index (χ0v) is 5.08. The highest BCUT2D eigenvalue weighted by molar-refractivity contribution is 5.20. The second kappa shape index (κ2) is 1.61. The molecule has 2 nitrogen and oxygen atoms in total. The van der Waals surface area contributed by atoms with Gasteiger partial charge in [0.1, 0.15) is 0 Å². The molecule has 0 fully saturated rings. The van der Waals surface area contributed by atoms with Crippen LogP contribution in [0.5, 0.6) is 0 Å². The third-order valence-corrected chi connectivity index (χ3v) is 1.66. The van der Waals surface area contributed by atoms with Gasteiger partial charge >= 0.3 is 0 Å². The fourth-order valence-corrected chi connectivity index (χ4v) is 1.25. The first-order valence-corrected chi connectivity index (χ1v) is 3.14. The van der Waals surface area contributed by atoms with Crippen LogP contribution in [0.2, 0.25) is 0 Å². The average molecular weight is 123 g/mol. The van der Waals surface area contributed by atoms with Gasteiger partial charge in [0.05, 0.1) is 12.2 Å². The maximum absolute atomic E-state index is 5.60. The van der Waals surface area contributed by atoms with Crippen molar-refractivity contribution in [3.05, 3.63) is 23.9 Å². The van der Waals surface area contributed by atoms with E-state index in [2.05, 4.69) is 6.08 Å². The second-order valence-electron chi connectivity index (χ2n) is 2.47. The molecule has 0 aromatic rings. The fraction of sp³-hybridized carbons (Fsp3) is 0.429. The van der Waals surface area contributed by atoms with E-state index in [0.29, 0.717) is 0 Å². The van der Waals surface area contributed by atoms with E-state index < -0.39 is 0 Å². The molecule has 2 heterocycles. The van der Waals surface area contributed by atoms with Gasteiger partial charge in [0.25, 0.3) is 0 Å². The van der Waals surface area contributed by atoms with Crippen molar-refractivity contribution in [2.45, 2.75) is 18.6 Å². The van der Waals surface area contributed by atoms with Crippen molar-refractivity contribution in [1.29, 1.82) is 0 Å². The molecule has 2 bridgehead atoms. The van der Waals surface area contributed by atoms with Crippen LogP contribution in [-0.2, 0) is 4.74 Å². The van der Waals surface area contributed by atoms with E-state index in [-0.39, 0.29) is 12.2 Å². The van der Waals surface area contributed by atoms with E-state index >= 15 is 0 Å². The van der Waals surface area contributed by atoms with Gasteiger partial charge in [-0.2, -0.15) is 0 Å². The molecule has 0 aromatic carbocycles. The molecule has 2 atom stereocenters. The third-order valence-electron chi connectivity index (χ3n) is 1.66. The molecular formula is C7H9NO. The van der Waals surface area contributed by atoms with Gasteiger partial charge in [-0.3, -0.25) is 0 Å². The average Bonchev–Trinajstić information content (AvgIpc) is 2.11. The lowest BCUT2D eigenvalue weighted by Crippen LogP contribution is -2.20. The summed E-state index contributed by atoms with van der Waals surface area (Å²) in [5.74, 6) is 0. The predicted octanol–water partition coefficient (Wildman–Crippen LogP) is 0.556. The van der Waals surface area contributed by atoms with Crippen molar-refractivity contribution >= 4 is 0 Å². The van der Waals surface area contributed by atoms with Crippen LogP contribution in [0.15, 0.2) is 23.9 Å². The van der Waals surface area contributed by atoms with Gasteiger partial charge in [-0.05, 0) is 6.08 Å². The second-order valence-corrected chi connectivity index (χ2v) is 2.47. The van der Waals surface area contributed by atoms with E-state index in [1.165, 1.54) is 0 Å². The monoisotopic (exact) mass is 123 g/mol. The Kier molecular flexibility index (Phi) is 0.904. The normalized spacial score (nSPS) is 38.9. The van der Waals surface area contributed by atoms with E-state index in [0.717, 1.165) is 12.1 Å². The molecule has 0 amide bonds. The summed E-state index contributed by atoms with van der Waals surface area (Å²) in [5.41, 5.74) is 6.56. The van der Waals surface area contributed by atoms with Gasteiger partial charge in [0.2, 0.25) is 0 Å². The quantitative estimate of drug-likeness (QED) is 0.477. The number of hydrogen-bond acceptors (Lipinski definition) is 2. The Labute approximate surface area is 54.0 Å². The van der Waals surface area contributed by atoms with Crippen LogP contribution in [0.1, 0.15) is 6.42 Å². The first-order valence-electron chi connectivity index (χ1n) is 3.14. The molecule has 0 saturated heterocycles. The SMILES string of the molecule is NC1=C[C@@H]2C=C[C@H](C1)O2. The van der Waals surface area contributed by atoms with Gasteiger partial charge < -0.3 is 10.5 Å². The maximum atomic E-state index is 5.60. The van der Waals surface area contributed by atoms with Gasteiger partial charge in [-0.25, -0.2) is 0 Å². The molecule has 2 rings (SSSR count). The third kappa shape index (κ3) is 0.754. The van der Waals surface area contributed by atoms with Crippen LogP contribution in [0.3, 0.4) is 0 Å². The molecule has 0 unspecified atom stereocenters. The Morgan fingerprint density at radius 1 is 1.56 bits per heavy atom. The predicted molar refractivity (Wildman–Crippen MR) is 34.7 cm³/mol. The Morgan fingerprint density at radius 2 is 2.44 bits per heavy atom. The van der Waals surface area contributed by atoms with Crippen molar-refractivity contribution in [2.75, 3.05) is 0 Å². The minimum atomic E-state index is 0.170. The van der Waals surface area contributed by atoms with Crippen LogP contribution >= 0.6 is 0 Å². The molecule has 2 aliphatic heterocycles. The molecule has 0 saturated carbocycles. The Bertz CT molecular complexity index is 183. The molecule has 0 aliphatic carbocycles. The molecule has 0 spiro atoms. The van der Waals surface area contributed by atoms with Crippen LogP contribution in [0.25, 0.3) is 0 Å². The zero-order valence-electron chi connectivity index (χ0n) is 5.08. The Morgan fingerprint density at radius 3 is 3.22 bits per heavy atom. The first kappa shape index (κ1) is 5.06. The summed E-state index contributed by atoms with van der Waals surface area (Å²) in [5, 5.41) is 0. The van der Waals surface area contributed by atoms with Crippen LogP contribution in [0.4, 0.5) is 0 Å². The first-order chi connectivity index (χ1) is 4.34. The lowest BCUT2D eigenvalue weighted by Gasteiger charge is -2.17. The smallest absolute Gasteiger partial charge is 0.0966 e. The minimum Gasteiger partial charge on any atom is -0.402 e. The van der Waals surface area contributed by atoms with Gasteiger partial charge in [0.15, 0.2) is 0 Å². The molecule has 0 radical (unpaired) electrons. The summed E-state index contributed by atoms with van der Waals surface area (Å²) in [6.07, 6.45) is 7.38. The molecule has 9 heavy (non-hydrogen) atoms. The van der Waals surface area contributed by atoms with Gasteiger partial charge in [0, 0.05) is 12.1 Å². The number of ether oxygens (including phenoxy) is 1. The number of fused-ring (bicyclic) bond motifs is 2. The number of hydrogen-bond donors (Lipinski definition) is 1. The van der Waals surface area contributed by atoms with Crippen molar-refractivity contribution in [2.24, 2.45) is 5.73 Å². The molecule has 2 heteroatoms. The summed E-state index contributed by atoms with van der Waals surface area (Å²) >= 11 is 0. The van der Waals surface area contributed by atoms with E-state index in [1.807, 2.05) is 12.2 Å². The molecule has 48 valence electrons. The highest BCUT2D eigenvalue weighted by atomic mass is 16.5. The topological polar surface area (TPSA) is 35.2 Å². The van der Waals surface area contributed by atoms with E-state index in [9.17, 15) is 0 Å². The van der Waals surface area contributed by atoms with Crippen molar-refractivity contribution < 1.29 is 4.74 Å².